The van der Waals surface area contributed by atoms with Crippen molar-refractivity contribution in [3.63, 3.8) is 0 Å². The van der Waals surface area contributed by atoms with Crippen LogP contribution >= 0.6 is 0 Å². The van der Waals surface area contributed by atoms with E-state index >= 15 is 0 Å². The van der Waals surface area contributed by atoms with Crippen LogP contribution in [-0.2, 0) is 4.74 Å². The van der Waals surface area contributed by atoms with Crippen molar-refractivity contribution in [1.82, 2.24) is 4.90 Å². The Kier molecular flexibility index (Phi) is 3.47. The lowest BCUT2D eigenvalue weighted by atomic mass is 9.63. The molecule has 0 amide bonds. The normalized spacial score (nSPS) is 38.6. The zero-order valence-electron chi connectivity index (χ0n) is 11.3. The molecular weight excluding hydrogens is 212 g/mol. The van der Waals surface area contributed by atoms with Crippen LogP contribution in [0.1, 0.15) is 40.0 Å². The first-order chi connectivity index (χ1) is 8.00. The number of rotatable bonds is 1. The summed E-state index contributed by atoms with van der Waals surface area (Å²) < 4.78 is 5.41. The molecule has 1 saturated carbocycles. The first-order valence-electron chi connectivity index (χ1n) is 6.74. The van der Waals surface area contributed by atoms with Gasteiger partial charge in [-0.1, -0.05) is 20.8 Å². The predicted octanol–water partition coefficient (Wildman–Crippen LogP) is 2.43. The van der Waals surface area contributed by atoms with Crippen LogP contribution in [0.25, 0.3) is 0 Å². The molecule has 0 N–H and O–H groups in total. The van der Waals surface area contributed by atoms with Gasteiger partial charge in [0.1, 0.15) is 5.54 Å². The number of morpholine rings is 1. The van der Waals surface area contributed by atoms with E-state index in [9.17, 15) is 5.26 Å². The van der Waals surface area contributed by atoms with Gasteiger partial charge in [0, 0.05) is 13.1 Å². The molecule has 2 atom stereocenters. The fourth-order valence-electron chi connectivity index (χ4n) is 3.54. The molecule has 0 spiro atoms. The monoisotopic (exact) mass is 236 g/mol. The molecule has 3 heteroatoms. The quantitative estimate of drug-likeness (QED) is 0.701. The maximum atomic E-state index is 9.70. The third kappa shape index (κ3) is 2.34. The molecule has 2 fully saturated rings. The summed E-state index contributed by atoms with van der Waals surface area (Å²) >= 11 is 0. The number of nitriles is 1. The Morgan fingerprint density at radius 1 is 1.24 bits per heavy atom. The summed E-state index contributed by atoms with van der Waals surface area (Å²) in [6.07, 6.45) is 3.32. The highest BCUT2D eigenvalue weighted by Crippen LogP contribution is 2.46. The van der Waals surface area contributed by atoms with Gasteiger partial charge in [0.25, 0.3) is 0 Å². The number of nitrogens with zero attached hydrogens (tertiary/aromatic N) is 2. The van der Waals surface area contributed by atoms with Gasteiger partial charge in [-0.15, -0.1) is 0 Å². The fraction of sp³-hybridized carbons (Fsp3) is 0.929. The lowest BCUT2D eigenvalue weighted by Gasteiger charge is -2.51. The standard InChI is InChI=1S/C14H24N2O/c1-12-10-13(2,3)4-5-14(12,11-15)16-6-8-17-9-7-16/h12H,4-10H2,1-3H3. The maximum Gasteiger partial charge on any atom is 0.112 e. The van der Waals surface area contributed by atoms with E-state index in [1.807, 2.05) is 0 Å². The number of hydrogen-bond donors (Lipinski definition) is 0. The second-order valence-electron chi connectivity index (χ2n) is 6.40. The van der Waals surface area contributed by atoms with Gasteiger partial charge in [0.15, 0.2) is 0 Å². The Labute approximate surface area is 105 Å². The molecule has 2 aliphatic rings. The lowest BCUT2D eigenvalue weighted by Crippen LogP contribution is -2.58. The van der Waals surface area contributed by atoms with E-state index in [0.29, 0.717) is 11.3 Å². The van der Waals surface area contributed by atoms with Gasteiger partial charge >= 0.3 is 0 Å². The summed E-state index contributed by atoms with van der Waals surface area (Å²) in [6.45, 7) is 10.3. The molecule has 17 heavy (non-hydrogen) atoms. The molecule has 3 nitrogen and oxygen atoms in total. The Bertz CT molecular complexity index is 315. The van der Waals surface area contributed by atoms with Gasteiger partial charge in [-0.25, -0.2) is 0 Å². The van der Waals surface area contributed by atoms with Crippen molar-refractivity contribution < 1.29 is 4.74 Å². The van der Waals surface area contributed by atoms with Crippen LogP contribution in [-0.4, -0.2) is 36.7 Å². The highest BCUT2D eigenvalue weighted by molar-refractivity contribution is 5.14. The van der Waals surface area contributed by atoms with Gasteiger partial charge in [-0.3, -0.25) is 4.90 Å². The first-order valence-corrected chi connectivity index (χ1v) is 6.74. The summed E-state index contributed by atoms with van der Waals surface area (Å²) in [6, 6.07) is 2.65. The van der Waals surface area contributed by atoms with Crippen LogP contribution < -0.4 is 0 Å². The van der Waals surface area contributed by atoms with E-state index < -0.39 is 0 Å². The number of ether oxygens (including phenoxy) is 1. The first kappa shape index (κ1) is 12.9. The van der Waals surface area contributed by atoms with Gasteiger partial charge in [-0.05, 0) is 30.6 Å². The topological polar surface area (TPSA) is 36.3 Å². The Morgan fingerprint density at radius 2 is 1.88 bits per heavy atom. The van der Waals surface area contributed by atoms with Crippen molar-refractivity contribution >= 4 is 0 Å². The van der Waals surface area contributed by atoms with E-state index in [0.717, 1.165) is 45.6 Å². The van der Waals surface area contributed by atoms with Crippen LogP contribution in [0.5, 0.6) is 0 Å². The molecule has 96 valence electrons. The molecule has 1 heterocycles. The SMILES string of the molecule is CC1CC(C)(C)CCC1(C#N)N1CCOCC1. The van der Waals surface area contributed by atoms with E-state index in [-0.39, 0.29) is 5.54 Å². The van der Waals surface area contributed by atoms with Gasteiger partial charge in [0.05, 0.1) is 19.3 Å². The second kappa shape index (κ2) is 4.59. The number of hydrogen-bond acceptors (Lipinski definition) is 3. The molecule has 0 aromatic rings. The van der Waals surface area contributed by atoms with Gasteiger partial charge < -0.3 is 4.74 Å². The van der Waals surface area contributed by atoms with Gasteiger partial charge in [0.2, 0.25) is 0 Å². The largest absolute Gasteiger partial charge is 0.379 e. The van der Waals surface area contributed by atoms with Crippen LogP contribution in [0.2, 0.25) is 0 Å². The van der Waals surface area contributed by atoms with Crippen LogP contribution in [0.15, 0.2) is 0 Å². The zero-order valence-corrected chi connectivity index (χ0v) is 11.3. The average molecular weight is 236 g/mol. The molecular formula is C14H24N2O. The van der Waals surface area contributed by atoms with E-state index in [1.165, 1.54) is 0 Å². The van der Waals surface area contributed by atoms with E-state index in [2.05, 4.69) is 31.7 Å². The molecule has 2 unspecified atom stereocenters. The van der Waals surface area contributed by atoms with Crippen molar-refractivity contribution in [1.29, 1.82) is 5.26 Å². The summed E-state index contributed by atoms with van der Waals surface area (Å²) in [7, 11) is 0. The molecule has 1 saturated heterocycles. The average Bonchev–Trinajstić information content (AvgIpc) is 2.30. The predicted molar refractivity (Wildman–Crippen MR) is 67.5 cm³/mol. The Hall–Kier alpha value is -0.590. The molecule has 0 aromatic carbocycles. The zero-order chi connectivity index (χ0) is 12.5. The van der Waals surface area contributed by atoms with Crippen molar-refractivity contribution in [2.24, 2.45) is 11.3 Å². The highest BCUT2D eigenvalue weighted by atomic mass is 16.5. The summed E-state index contributed by atoms with van der Waals surface area (Å²) in [5, 5.41) is 9.70. The fourth-order valence-corrected chi connectivity index (χ4v) is 3.54. The smallest absolute Gasteiger partial charge is 0.112 e. The van der Waals surface area contributed by atoms with Crippen molar-refractivity contribution in [2.45, 2.75) is 45.6 Å². The third-order valence-corrected chi connectivity index (χ3v) is 4.63. The minimum atomic E-state index is -0.237. The van der Waals surface area contributed by atoms with Crippen LogP contribution in [0, 0.1) is 22.7 Å². The van der Waals surface area contributed by atoms with Crippen LogP contribution in [0.3, 0.4) is 0 Å². The third-order valence-electron chi connectivity index (χ3n) is 4.63. The minimum absolute atomic E-state index is 0.237. The summed E-state index contributed by atoms with van der Waals surface area (Å²) in [4.78, 5) is 2.37. The lowest BCUT2D eigenvalue weighted by molar-refractivity contribution is -0.0495. The van der Waals surface area contributed by atoms with Crippen molar-refractivity contribution in [3.05, 3.63) is 0 Å². The molecule has 0 aromatic heterocycles. The maximum absolute atomic E-state index is 9.70. The van der Waals surface area contributed by atoms with Crippen molar-refractivity contribution in [2.75, 3.05) is 26.3 Å². The molecule has 2 rings (SSSR count). The van der Waals surface area contributed by atoms with Gasteiger partial charge in [-0.2, -0.15) is 5.26 Å². The van der Waals surface area contributed by atoms with Crippen molar-refractivity contribution in [3.8, 4) is 6.07 Å². The Balaban J connectivity index is 2.17. The molecule has 1 aliphatic heterocycles. The highest BCUT2D eigenvalue weighted by Gasteiger charge is 2.48. The minimum Gasteiger partial charge on any atom is -0.379 e. The van der Waals surface area contributed by atoms with E-state index in [4.69, 9.17) is 4.74 Å². The second-order valence-corrected chi connectivity index (χ2v) is 6.40. The molecule has 1 aliphatic carbocycles. The van der Waals surface area contributed by atoms with Crippen LogP contribution in [0.4, 0.5) is 0 Å². The van der Waals surface area contributed by atoms with E-state index in [1.54, 1.807) is 0 Å². The molecule has 0 radical (unpaired) electrons. The molecule has 0 bridgehead atoms. The Morgan fingerprint density at radius 3 is 2.41 bits per heavy atom. The summed E-state index contributed by atoms with van der Waals surface area (Å²) in [5.74, 6) is 0.453. The summed E-state index contributed by atoms with van der Waals surface area (Å²) in [5.41, 5.74) is 0.158.